The lowest BCUT2D eigenvalue weighted by atomic mass is 9.90. The maximum Gasteiger partial charge on any atom is 0.163 e. The molecule has 4 aromatic rings. The largest absolute Gasteiger partial charge is 0.364 e. The zero-order valence-corrected chi connectivity index (χ0v) is 19.5. The Bertz CT molecular complexity index is 1160. The molecule has 35 heavy (non-hydrogen) atoms. The number of halogens is 2. The zero-order chi connectivity index (χ0) is 24.0. The lowest BCUT2D eigenvalue weighted by Crippen LogP contribution is -2.47. The fourth-order valence-corrected chi connectivity index (χ4v) is 4.79. The van der Waals surface area contributed by atoms with Crippen molar-refractivity contribution in [3.05, 3.63) is 107 Å². The highest BCUT2D eigenvalue weighted by atomic mass is 19.1. The Morgan fingerprint density at radius 3 is 1.91 bits per heavy atom. The van der Waals surface area contributed by atoms with Crippen LogP contribution in [0.1, 0.15) is 29.3 Å². The summed E-state index contributed by atoms with van der Waals surface area (Å²) in [6, 6.07) is 24.6. The molecule has 0 saturated carbocycles. The number of benzene rings is 3. The summed E-state index contributed by atoms with van der Waals surface area (Å²) in [6.07, 6.45) is 0.877. The van der Waals surface area contributed by atoms with E-state index in [2.05, 4.69) is 44.7 Å². The van der Waals surface area contributed by atoms with Crippen LogP contribution < -0.4 is 4.90 Å². The lowest BCUT2D eigenvalue weighted by Gasteiger charge is -2.36. The molecule has 1 aliphatic rings. The molecule has 6 nitrogen and oxygen atoms in total. The van der Waals surface area contributed by atoms with E-state index in [1.807, 2.05) is 41.1 Å². The third-order valence-corrected chi connectivity index (χ3v) is 6.55. The lowest BCUT2D eigenvalue weighted by molar-refractivity contribution is 0.247. The fraction of sp³-hybridized carbons (Fsp3) is 0.296. The number of para-hydroxylation sites is 1. The highest BCUT2D eigenvalue weighted by molar-refractivity contribution is 5.49. The van der Waals surface area contributed by atoms with Crippen molar-refractivity contribution in [2.75, 3.05) is 37.6 Å². The molecule has 1 aromatic heterocycles. The van der Waals surface area contributed by atoms with Gasteiger partial charge in [-0.1, -0.05) is 66.7 Å². The molecule has 1 aliphatic heterocycles. The van der Waals surface area contributed by atoms with Gasteiger partial charge in [-0.05, 0) is 40.1 Å². The van der Waals surface area contributed by atoms with Crippen molar-refractivity contribution in [1.82, 2.24) is 25.1 Å². The summed E-state index contributed by atoms with van der Waals surface area (Å²) >= 11 is 0. The van der Waals surface area contributed by atoms with Gasteiger partial charge in [0.1, 0.15) is 17.3 Å². The van der Waals surface area contributed by atoms with E-state index >= 15 is 0 Å². The second-order valence-electron chi connectivity index (χ2n) is 8.77. The number of hydrogen-bond donors (Lipinski definition) is 0. The number of hydrogen-bond acceptors (Lipinski definition) is 5. The number of piperazine rings is 1. The van der Waals surface area contributed by atoms with Crippen LogP contribution in [-0.4, -0.2) is 57.8 Å². The van der Waals surface area contributed by atoms with Crippen LogP contribution in [0.15, 0.2) is 78.9 Å². The molecular weight excluding hydrogens is 446 g/mol. The molecule has 0 spiro atoms. The van der Waals surface area contributed by atoms with Gasteiger partial charge in [0.25, 0.3) is 0 Å². The van der Waals surface area contributed by atoms with Crippen molar-refractivity contribution in [3.8, 4) is 0 Å². The molecule has 1 saturated heterocycles. The summed E-state index contributed by atoms with van der Waals surface area (Å²) in [7, 11) is 0. The number of nitrogens with zero attached hydrogens (tertiary/aromatic N) is 6. The highest BCUT2D eigenvalue weighted by Gasteiger charge is 2.24. The van der Waals surface area contributed by atoms with Crippen molar-refractivity contribution >= 4 is 5.69 Å². The standard InChI is InChI=1S/C27H28F2N6/c28-23-13-7-14-24(29)26(23)34-19-17-33(18-20-34)15-8-16-35-27(30-31-32-35)25(21-9-3-1-4-10-21)22-11-5-2-6-12-22/h1-7,9-14,25H,8,15-20H2. The van der Waals surface area contributed by atoms with Gasteiger partial charge in [0, 0.05) is 39.3 Å². The van der Waals surface area contributed by atoms with Crippen molar-refractivity contribution in [2.45, 2.75) is 18.9 Å². The third kappa shape index (κ3) is 5.22. The van der Waals surface area contributed by atoms with E-state index in [9.17, 15) is 8.78 Å². The van der Waals surface area contributed by atoms with Crippen molar-refractivity contribution < 1.29 is 8.78 Å². The van der Waals surface area contributed by atoms with Crippen molar-refractivity contribution in [1.29, 1.82) is 0 Å². The molecule has 0 unspecified atom stereocenters. The number of rotatable bonds is 8. The Hall–Kier alpha value is -3.65. The maximum atomic E-state index is 14.1. The summed E-state index contributed by atoms with van der Waals surface area (Å²) in [6.45, 7) is 4.27. The van der Waals surface area contributed by atoms with E-state index in [0.717, 1.165) is 43.0 Å². The van der Waals surface area contributed by atoms with E-state index in [1.165, 1.54) is 18.2 Å². The minimum absolute atomic E-state index is 0.0494. The Labute approximate surface area is 203 Å². The predicted octanol–water partition coefficient (Wildman–Crippen LogP) is 4.34. The van der Waals surface area contributed by atoms with Crippen LogP contribution >= 0.6 is 0 Å². The Balaban J connectivity index is 1.22. The average Bonchev–Trinajstić information content (AvgIpc) is 3.34. The molecule has 5 rings (SSSR count). The second-order valence-corrected chi connectivity index (χ2v) is 8.77. The molecule has 3 aromatic carbocycles. The summed E-state index contributed by atoms with van der Waals surface area (Å²) in [5, 5.41) is 12.7. The summed E-state index contributed by atoms with van der Waals surface area (Å²) < 4.78 is 30.1. The number of aryl methyl sites for hydroxylation is 1. The van der Waals surface area contributed by atoms with Crippen molar-refractivity contribution in [2.24, 2.45) is 0 Å². The number of anilines is 1. The molecule has 8 heteroatoms. The van der Waals surface area contributed by atoms with Crippen LogP contribution in [0.5, 0.6) is 0 Å². The van der Waals surface area contributed by atoms with Gasteiger partial charge in [-0.15, -0.1) is 5.10 Å². The monoisotopic (exact) mass is 474 g/mol. The quantitative estimate of drug-likeness (QED) is 0.380. The fourth-order valence-electron chi connectivity index (χ4n) is 4.79. The van der Waals surface area contributed by atoms with Crippen LogP contribution in [0, 0.1) is 11.6 Å². The van der Waals surface area contributed by atoms with Crippen LogP contribution in [-0.2, 0) is 6.54 Å². The minimum Gasteiger partial charge on any atom is -0.364 e. The van der Waals surface area contributed by atoms with Crippen LogP contribution in [0.4, 0.5) is 14.5 Å². The van der Waals surface area contributed by atoms with E-state index < -0.39 is 11.6 Å². The Morgan fingerprint density at radius 1 is 0.714 bits per heavy atom. The van der Waals surface area contributed by atoms with Gasteiger partial charge in [0.05, 0.1) is 5.92 Å². The van der Waals surface area contributed by atoms with Crippen LogP contribution in [0.3, 0.4) is 0 Å². The van der Waals surface area contributed by atoms with E-state index in [4.69, 9.17) is 0 Å². The predicted molar refractivity (Wildman–Crippen MR) is 131 cm³/mol. The molecule has 0 bridgehead atoms. The number of tetrazole rings is 1. The van der Waals surface area contributed by atoms with E-state index in [0.29, 0.717) is 19.6 Å². The second kappa shape index (κ2) is 10.7. The van der Waals surface area contributed by atoms with Gasteiger partial charge in [-0.2, -0.15) is 0 Å². The van der Waals surface area contributed by atoms with Gasteiger partial charge in [0.15, 0.2) is 5.82 Å². The summed E-state index contributed by atoms with van der Waals surface area (Å²) in [4.78, 5) is 4.12. The molecular formula is C27H28F2N6. The van der Waals surface area contributed by atoms with Gasteiger partial charge in [0.2, 0.25) is 0 Å². The first-order chi connectivity index (χ1) is 17.2. The minimum atomic E-state index is -0.504. The zero-order valence-electron chi connectivity index (χ0n) is 19.5. The average molecular weight is 475 g/mol. The molecule has 0 N–H and O–H groups in total. The van der Waals surface area contributed by atoms with E-state index in [1.54, 1.807) is 4.90 Å². The molecule has 0 atom stereocenters. The first-order valence-electron chi connectivity index (χ1n) is 12.0. The molecule has 0 aliphatic carbocycles. The third-order valence-electron chi connectivity index (χ3n) is 6.55. The smallest absolute Gasteiger partial charge is 0.163 e. The van der Waals surface area contributed by atoms with Gasteiger partial charge in [-0.25, -0.2) is 13.5 Å². The molecule has 180 valence electrons. The molecule has 0 amide bonds. The highest BCUT2D eigenvalue weighted by Crippen LogP contribution is 2.30. The van der Waals surface area contributed by atoms with Gasteiger partial charge >= 0.3 is 0 Å². The molecule has 1 fully saturated rings. The SMILES string of the molecule is Fc1cccc(F)c1N1CCN(CCCn2nnnc2C(c2ccccc2)c2ccccc2)CC1. The van der Waals surface area contributed by atoms with Gasteiger partial charge in [-0.3, -0.25) is 4.90 Å². The first-order valence-corrected chi connectivity index (χ1v) is 12.0. The van der Waals surface area contributed by atoms with Gasteiger partial charge < -0.3 is 4.90 Å². The first kappa shape index (κ1) is 23.1. The molecule has 2 heterocycles. The molecule has 0 radical (unpaired) electrons. The summed E-state index contributed by atoms with van der Waals surface area (Å²) in [5.41, 5.74) is 2.37. The Morgan fingerprint density at radius 2 is 1.31 bits per heavy atom. The topological polar surface area (TPSA) is 50.1 Å². The van der Waals surface area contributed by atoms with Crippen LogP contribution in [0.2, 0.25) is 0 Å². The van der Waals surface area contributed by atoms with E-state index in [-0.39, 0.29) is 11.6 Å². The Kier molecular flexibility index (Phi) is 7.09. The normalized spacial score (nSPS) is 14.5. The summed E-state index contributed by atoms with van der Waals surface area (Å²) in [5.74, 6) is -0.235. The number of aromatic nitrogens is 4. The van der Waals surface area contributed by atoms with Crippen LogP contribution in [0.25, 0.3) is 0 Å². The van der Waals surface area contributed by atoms with Crippen molar-refractivity contribution in [3.63, 3.8) is 0 Å². The maximum absolute atomic E-state index is 14.1.